The summed E-state index contributed by atoms with van der Waals surface area (Å²) < 4.78 is 12.3. The standard InChI is InChI=1S/C39H38N2O4/c42-38(44-36-32-13-5-1-9-28(32)29-10-2-6-14-33(29)36)40-21-17-26(18-22-40)25-27-19-23-41(24-20-27)39(43)45-37-34-15-7-3-11-30(34)31-12-4-8-16-35(31)37/h1-16,26-27,36-37H,17-25H2. The van der Waals surface area contributed by atoms with Gasteiger partial charge in [0, 0.05) is 48.4 Å². The quantitative estimate of drug-likeness (QED) is 0.236. The van der Waals surface area contributed by atoms with Crippen LogP contribution in [0, 0.1) is 11.8 Å². The zero-order valence-electron chi connectivity index (χ0n) is 25.4. The van der Waals surface area contributed by atoms with Gasteiger partial charge in [-0.25, -0.2) is 9.59 Å². The molecule has 2 aliphatic heterocycles. The highest BCUT2D eigenvalue weighted by atomic mass is 16.6. The molecule has 2 amide bonds. The largest absolute Gasteiger partial charge is 0.436 e. The van der Waals surface area contributed by atoms with E-state index in [1.54, 1.807) is 0 Å². The van der Waals surface area contributed by atoms with Crippen molar-refractivity contribution in [3.63, 3.8) is 0 Å². The van der Waals surface area contributed by atoms with Crippen LogP contribution in [-0.2, 0) is 9.47 Å². The smallest absolute Gasteiger partial charge is 0.410 e. The zero-order chi connectivity index (χ0) is 30.3. The third kappa shape index (κ3) is 5.16. The Kier molecular flexibility index (Phi) is 7.28. The summed E-state index contributed by atoms with van der Waals surface area (Å²) in [5.74, 6) is 1.19. The Morgan fingerprint density at radius 3 is 1.09 bits per heavy atom. The lowest BCUT2D eigenvalue weighted by atomic mass is 9.83. The Morgan fingerprint density at radius 1 is 0.489 bits per heavy atom. The SMILES string of the molecule is O=C(OC1c2ccccc2-c2ccccc21)N1CCC(CC2CCN(C(=O)OC3c4ccccc4-c4ccccc43)CC2)CC1. The molecule has 0 spiro atoms. The van der Waals surface area contributed by atoms with E-state index in [0.29, 0.717) is 11.8 Å². The van der Waals surface area contributed by atoms with E-state index in [2.05, 4.69) is 48.5 Å². The molecule has 0 aromatic heterocycles. The number of carbonyl (C=O) groups excluding carboxylic acids is 2. The van der Waals surface area contributed by atoms with Gasteiger partial charge in [0.05, 0.1) is 0 Å². The number of amides is 2. The van der Waals surface area contributed by atoms with Gasteiger partial charge in [0.15, 0.2) is 12.2 Å². The third-order valence-corrected chi connectivity index (χ3v) is 10.4. The lowest BCUT2D eigenvalue weighted by Gasteiger charge is -2.36. The number of piperidine rings is 2. The fourth-order valence-electron chi connectivity index (χ4n) is 8.00. The van der Waals surface area contributed by atoms with E-state index in [1.807, 2.05) is 58.3 Å². The molecule has 0 N–H and O–H groups in total. The molecule has 0 saturated carbocycles. The Balaban J connectivity index is 0.817. The van der Waals surface area contributed by atoms with Gasteiger partial charge in [0.2, 0.25) is 0 Å². The van der Waals surface area contributed by atoms with Crippen LogP contribution >= 0.6 is 0 Å². The van der Waals surface area contributed by atoms with Crippen molar-refractivity contribution in [3.05, 3.63) is 119 Å². The van der Waals surface area contributed by atoms with Gasteiger partial charge in [-0.15, -0.1) is 0 Å². The number of likely N-dealkylation sites (tertiary alicyclic amines) is 2. The van der Waals surface area contributed by atoms with Gasteiger partial charge in [-0.2, -0.15) is 0 Å². The van der Waals surface area contributed by atoms with Crippen LogP contribution in [0.5, 0.6) is 0 Å². The van der Waals surface area contributed by atoms with Gasteiger partial charge in [0.25, 0.3) is 0 Å². The average molecular weight is 599 g/mol. The van der Waals surface area contributed by atoms with E-state index in [9.17, 15) is 9.59 Å². The number of benzene rings is 4. The molecule has 0 unspecified atom stereocenters. The van der Waals surface area contributed by atoms with E-state index in [-0.39, 0.29) is 24.4 Å². The molecule has 4 aromatic carbocycles. The van der Waals surface area contributed by atoms with Crippen LogP contribution in [0.3, 0.4) is 0 Å². The van der Waals surface area contributed by atoms with Gasteiger partial charge in [-0.05, 0) is 66.2 Å². The summed E-state index contributed by atoms with van der Waals surface area (Å²) in [7, 11) is 0. The van der Waals surface area contributed by atoms with Crippen molar-refractivity contribution >= 4 is 12.2 Å². The first-order valence-electron chi connectivity index (χ1n) is 16.4. The minimum absolute atomic E-state index is 0.218. The highest BCUT2D eigenvalue weighted by Gasteiger charge is 2.36. The van der Waals surface area contributed by atoms with Crippen LogP contribution in [0.15, 0.2) is 97.1 Å². The van der Waals surface area contributed by atoms with E-state index in [0.717, 1.165) is 103 Å². The first-order valence-corrected chi connectivity index (χ1v) is 16.4. The van der Waals surface area contributed by atoms with Gasteiger partial charge in [-0.3, -0.25) is 0 Å². The zero-order valence-corrected chi connectivity index (χ0v) is 25.4. The van der Waals surface area contributed by atoms with Gasteiger partial charge in [-0.1, -0.05) is 97.1 Å². The molecule has 2 fully saturated rings. The van der Waals surface area contributed by atoms with Gasteiger partial charge in [0.1, 0.15) is 0 Å². The summed E-state index contributed by atoms with van der Waals surface area (Å²) >= 11 is 0. The number of hydrogen-bond acceptors (Lipinski definition) is 4. The second-order valence-corrected chi connectivity index (χ2v) is 13.0. The highest BCUT2D eigenvalue weighted by Crippen LogP contribution is 2.46. The molecule has 8 rings (SSSR count). The Hall–Kier alpha value is -4.58. The fourth-order valence-corrected chi connectivity index (χ4v) is 8.00. The number of fused-ring (bicyclic) bond motifs is 6. The normalized spacial score (nSPS) is 18.2. The summed E-state index contributed by atoms with van der Waals surface area (Å²) in [6, 6.07) is 32.9. The van der Waals surface area contributed by atoms with Crippen molar-refractivity contribution in [2.45, 2.75) is 44.3 Å². The van der Waals surface area contributed by atoms with Crippen LogP contribution in [0.1, 0.15) is 66.6 Å². The molecule has 0 radical (unpaired) electrons. The maximum atomic E-state index is 13.3. The molecule has 2 heterocycles. The number of ether oxygens (including phenoxy) is 2. The minimum atomic E-state index is -0.349. The minimum Gasteiger partial charge on any atom is -0.436 e. The molecule has 6 nitrogen and oxygen atoms in total. The maximum absolute atomic E-state index is 13.3. The van der Waals surface area contributed by atoms with Crippen LogP contribution in [0.2, 0.25) is 0 Å². The van der Waals surface area contributed by atoms with Gasteiger partial charge < -0.3 is 19.3 Å². The topological polar surface area (TPSA) is 59.1 Å². The Labute approximate surface area is 264 Å². The van der Waals surface area contributed by atoms with Crippen molar-refractivity contribution in [3.8, 4) is 22.3 Å². The summed E-state index contributed by atoms with van der Waals surface area (Å²) in [5.41, 5.74) is 8.86. The van der Waals surface area contributed by atoms with Crippen molar-refractivity contribution in [2.75, 3.05) is 26.2 Å². The van der Waals surface area contributed by atoms with Crippen LogP contribution in [0.4, 0.5) is 9.59 Å². The number of carbonyl (C=O) groups is 2. The number of rotatable bonds is 4. The molecular weight excluding hydrogens is 560 g/mol. The summed E-state index contributed by atoms with van der Waals surface area (Å²) in [6.07, 6.45) is 4.00. The van der Waals surface area contributed by atoms with Gasteiger partial charge >= 0.3 is 12.2 Å². The molecule has 6 heteroatoms. The first kappa shape index (κ1) is 27.9. The molecule has 228 valence electrons. The predicted octanol–water partition coefficient (Wildman–Crippen LogP) is 8.61. The first-order chi connectivity index (χ1) is 22.1. The molecular formula is C39H38N2O4. The Bertz CT molecular complexity index is 1520. The van der Waals surface area contributed by atoms with Crippen LogP contribution in [0.25, 0.3) is 22.3 Å². The lowest BCUT2D eigenvalue weighted by Crippen LogP contribution is -2.41. The van der Waals surface area contributed by atoms with Crippen molar-refractivity contribution in [2.24, 2.45) is 11.8 Å². The van der Waals surface area contributed by atoms with Crippen molar-refractivity contribution in [1.82, 2.24) is 9.80 Å². The fraction of sp³-hybridized carbons (Fsp3) is 0.333. The Morgan fingerprint density at radius 2 is 0.778 bits per heavy atom. The molecule has 4 aromatic rings. The predicted molar refractivity (Wildman–Crippen MR) is 174 cm³/mol. The number of hydrogen-bond donors (Lipinski definition) is 0. The lowest BCUT2D eigenvalue weighted by molar-refractivity contribution is 0.0578. The van der Waals surface area contributed by atoms with E-state index >= 15 is 0 Å². The van der Waals surface area contributed by atoms with E-state index in [4.69, 9.17) is 9.47 Å². The van der Waals surface area contributed by atoms with E-state index in [1.165, 1.54) is 0 Å². The molecule has 45 heavy (non-hydrogen) atoms. The average Bonchev–Trinajstić information content (AvgIpc) is 3.58. The highest BCUT2D eigenvalue weighted by molar-refractivity contribution is 5.81. The molecule has 0 atom stereocenters. The molecule has 0 bridgehead atoms. The van der Waals surface area contributed by atoms with Crippen molar-refractivity contribution in [1.29, 1.82) is 0 Å². The summed E-state index contributed by atoms with van der Waals surface area (Å²) in [5, 5.41) is 0. The molecule has 4 aliphatic rings. The summed E-state index contributed by atoms with van der Waals surface area (Å²) in [6.45, 7) is 2.92. The van der Waals surface area contributed by atoms with Crippen molar-refractivity contribution < 1.29 is 19.1 Å². The monoisotopic (exact) mass is 598 g/mol. The third-order valence-electron chi connectivity index (χ3n) is 10.4. The maximum Gasteiger partial charge on any atom is 0.410 e. The van der Waals surface area contributed by atoms with Crippen LogP contribution < -0.4 is 0 Å². The second kappa shape index (κ2) is 11.7. The van der Waals surface area contributed by atoms with Crippen LogP contribution in [-0.4, -0.2) is 48.2 Å². The molecule has 2 saturated heterocycles. The second-order valence-electron chi connectivity index (χ2n) is 13.0. The molecule has 2 aliphatic carbocycles. The van der Waals surface area contributed by atoms with E-state index < -0.39 is 0 Å². The summed E-state index contributed by atoms with van der Waals surface area (Å²) in [4.78, 5) is 30.3. The number of nitrogens with zero attached hydrogens (tertiary/aromatic N) is 2.